The van der Waals surface area contributed by atoms with E-state index >= 15 is 0 Å². The fourth-order valence-corrected chi connectivity index (χ4v) is 2.18. The Kier molecular flexibility index (Phi) is 6.63. The van der Waals surface area contributed by atoms with Crippen molar-refractivity contribution in [1.82, 2.24) is 0 Å². The minimum atomic E-state index is -0.204. The van der Waals surface area contributed by atoms with Crippen LogP contribution in [0, 0.1) is 0 Å². The van der Waals surface area contributed by atoms with Crippen molar-refractivity contribution in [1.29, 1.82) is 0 Å². The summed E-state index contributed by atoms with van der Waals surface area (Å²) in [7, 11) is 0. The van der Waals surface area contributed by atoms with Gasteiger partial charge in [0, 0.05) is 0 Å². The first-order valence-electron chi connectivity index (χ1n) is 4.87. The molecule has 0 heterocycles. The molecule has 8 heteroatoms. The van der Waals surface area contributed by atoms with Crippen molar-refractivity contribution in [3.05, 3.63) is 20.1 Å². The third kappa shape index (κ3) is 3.47. The van der Waals surface area contributed by atoms with Crippen LogP contribution in [0.3, 0.4) is 0 Å². The van der Waals surface area contributed by atoms with Crippen LogP contribution in [0.15, 0.2) is 0 Å². The first-order chi connectivity index (χ1) is 8.54. The van der Waals surface area contributed by atoms with Gasteiger partial charge < -0.3 is 19.7 Å². The molecule has 0 saturated carbocycles. The predicted octanol–water partition coefficient (Wildman–Crippen LogP) is 3.04. The second-order valence-electron chi connectivity index (χ2n) is 3.06. The molecule has 0 aromatic heterocycles. The van der Waals surface area contributed by atoms with Crippen molar-refractivity contribution in [2.45, 2.75) is 0 Å². The zero-order valence-electron chi connectivity index (χ0n) is 9.05. The van der Waals surface area contributed by atoms with E-state index in [-0.39, 0.29) is 58.0 Å². The van der Waals surface area contributed by atoms with E-state index in [0.717, 1.165) is 0 Å². The average Bonchev–Trinajstić information content (AvgIpc) is 2.37. The van der Waals surface area contributed by atoms with Gasteiger partial charge in [0.25, 0.3) is 0 Å². The van der Waals surface area contributed by atoms with Crippen molar-refractivity contribution in [2.75, 3.05) is 26.4 Å². The third-order valence-electron chi connectivity index (χ3n) is 1.86. The van der Waals surface area contributed by atoms with Crippen LogP contribution in [0.25, 0.3) is 0 Å². The van der Waals surface area contributed by atoms with E-state index in [1.54, 1.807) is 0 Å². The summed E-state index contributed by atoms with van der Waals surface area (Å²) < 4.78 is 10.3. The van der Waals surface area contributed by atoms with E-state index in [4.69, 9.17) is 66.1 Å². The van der Waals surface area contributed by atoms with E-state index in [2.05, 4.69) is 0 Å². The molecule has 0 spiro atoms. The number of ether oxygens (including phenoxy) is 2. The molecule has 2 N–H and O–H groups in total. The van der Waals surface area contributed by atoms with Crippen molar-refractivity contribution in [2.24, 2.45) is 0 Å². The van der Waals surface area contributed by atoms with Gasteiger partial charge in [-0.15, -0.1) is 0 Å². The number of aliphatic hydroxyl groups is 2. The Labute approximate surface area is 124 Å². The molecule has 1 aromatic rings. The minimum absolute atomic E-state index is 0.00292. The fraction of sp³-hybridized carbons (Fsp3) is 0.400. The molecule has 1 aromatic carbocycles. The van der Waals surface area contributed by atoms with Gasteiger partial charge in [-0.1, -0.05) is 46.4 Å². The van der Waals surface area contributed by atoms with Gasteiger partial charge in [-0.2, -0.15) is 0 Å². The van der Waals surface area contributed by atoms with Gasteiger partial charge in [0.05, 0.1) is 13.2 Å². The molecule has 0 aliphatic carbocycles. The van der Waals surface area contributed by atoms with Gasteiger partial charge in [0.15, 0.2) is 11.5 Å². The predicted molar refractivity (Wildman–Crippen MR) is 71.6 cm³/mol. The summed E-state index contributed by atoms with van der Waals surface area (Å²) in [6, 6.07) is 0. The van der Waals surface area contributed by atoms with E-state index < -0.39 is 0 Å². The van der Waals surface area contributed by atoms with Crippen molar-refractivity contribution >= 4 is 46.4 Å². The largest absolute Gasteiger partial charge is 0.488 e. The van der Waals surface area contributed by atoms with Gasteiger partial charge in [0.1, 0.15) is 33.3 Å². The Bertz CT molecular complexity index is 357. The molecule has 1 rings (SSSR count). The highest BCUT2D eigenvalue weighted by Gasteiger charge is 2.22. The van der Waals surface area contributed by atoms with Crippen molar-refractivity contribution < 1.29 is 19.7 Å². The van der Waals surface area contributed by atoms with Crippen LogP contribution in [0.1, 0.15) is 0 Å². The quantitative estimate of drug-likeness (QED) is 0.784. The minimum Gasteiger partial charge on any atom is -0.488 e. The lowest BCUT2D eigenvalue weighted by atomic mass is 10.3. The smallest absolute Gasteiger partial charge is 0.159 e. The molecule has 0 amide bonds. The Morgan fingerprint density at radius 1 is 0.667 bits per heavy atom. The number of hydrogen-bond donors (Lipinski definition) is 2. The number of halogens is 4. The number of rotatable bonds is 6. The highest BCUT2D eigenvalue weighted by Crippen LogP contribution is 2.49. The first-order valence-corrected chi connectivity index (χ1v) is 6.39. The highest BCUT2D eigenvalue weighted by atomic mass is 35.5. The number of aliphatic hydroxyl groups excluding tert-OH is 2. The Balaban J connectivity index is 3.18. The maximum atomic E-state index is 8.69. The topological polar surface area (TPSA) is 58.9 Å². The molecular weight excluding hydrogens is 326 g/mol. The summed E-state index contributed by atoms with van der Waals surface area (Å²) in [5.41, 5.74) is 0. The molecule has 0 aliphatic rings. The van der Waals surface area contributed by atoms with Gasteiger partial charge in [-0.3, -0.25) is 0 Å². The molecule has 0 atom stereocenters. The van der Waals surface area contributed by atoms with Crippen LogP contribution in [0.5, 0.6) is 11.5 Å². The summed E-state index contributed by atoms with van der Waals surface area (Å²) in [6.45, 7) is -0.402. The molecule has 0 saturated heterocycles. The molecule has 0 radical (unpaired) electrons. The van der Waals surface area contributed by atoms with Crippen LogP contribution in [-0.2, 0) is 0 Å². The van der Waals surface area contributed by atoms with Crippen LogP contribution in [0.4, 0.5) is 0 Å². The standard InChI is InChI=1S/C10H10Cl4O4/c11-5-7(13)10(18-4-2-16)8(14)6(12)9(5)17-3-1-15/h15-16H,1-4H2. The van der Waals surface area contributed by atoms with Crippen LogP contribution < -0.4 is 9.47 Å². The maximum Gasteiger partial charge on any atom is 0.159 e. The third-order valence-corrected chi connectivity index (χ3v) is 3.49. The summed E-state index contributed by atoms with van der Waals surface area (Å²) in [5, 5.41) is 17.5. The Morgan fingerprint density at radius 2 is 0.944 bits per heavy atom. The van der Waals surface area contributed by atoms with Gasteiger partial charge in [0.2, 0.25) is 0 Å². The van der Waals surface area contributed by atoms with Crippen LogP contribution in [0.2, 0.25) is 20.1 Å². The fourth-order valence-electron chi connectivity index (χ4n) is 1.14. The molecule has 0 bridgehead atoms. The summed E-state index contributed by atoms with van der Waals surface area (Å²) >= 11 is 23.9. The van der Waals surface area contributed by atoms with E-state index in [1.807, 2.05) is 0 Å². The maximum absolute atomic E-state index is 8.69. The van der Waals surface area contributed by atoms with Crippen molar-refractivity contribution in [3.8, 4) is 11.5 Å². The molecule has 4 nitrogen and oxygen atoms in total. The van der Waals surface area contributed by atoms with Crippen LogP contribution >= 0.6 is 46.4 Å². The van der Waals surface area contributed by atoms with E-state index in [9.17, 15) is 0 Å². The molecule has 102 valence electrons. The summed E-state index contributed by atoms with van der Waals surface area (Å²) in [5.74, 6) is 0.164. The molecule has 0 unspecified atom stereocenters. The highest BCUT2D eigenvalue weighted by molar-refractivity contribution is 6.50. The molecular formula is C10H10Cl4O4. The molecule has 0 aliphatic heterocycles. The first kappa shape index (κ1) is 16.0. The number of benzene rings is 1. The molecule has 0 fully saturated rings. The number of hydrogen-bond acceptors (Lipinski definition) is 4. The lowest BCUT2D eigenvalue weighted by Gasteiger charge is -2.16. The lowest BCUT2D eigenvalue weighted by molar-refractivity contribution is 0.198. The normalized spacial score (nSPS) is 10.6. The summed E-state index contributed by atoms with van der Waals surface area (Å²) in [6.07, 6.45) is 0. The second-order valence-corrected chi connectivity index (χ2v) is 4.57. The van der Waals surface area contributed by atoms with Crippen LogP contribution in [-0.4, -0.2) is 36.6 Å². The van der Waals surface area contributed by atoms with Crippen molar-refractivity contribution in [3.63, 3.8) is 0 Å². The van der Waals surface area contributed by atoms with E-state index in [1.165, 1.54) is 0 Å². The zero-order valence-corrected chi connectivity index (χ0v) is 12.1. The second kappa shape index (κ2) is 7.48. The SMILES string of the molecule is OCCOc1c(Cl)c(Cl)c(OCCO)c(Cl)c1Cl. The average molecular weight is 336 g/mol. The van der Waals surface area contributed by atoms with E-state index in [0.29, 0.717) is 0 Å². The zero-order chi connectivity index (χ0) is 13.7. The lowest BCUT2D eigenvalue weighted by Crippen LogP contribution is -2.06. The Morgan fingerprint density at radius 3 is 1.17 bits per heavy atom. The summed E-state index contributed by atoms with van der Waals surface area (Å²) in [4.78, 5) is 0. The molecule has 18 heavy (non-hydrogen) atoms. The van der Waals surface area contributed by atoms with Gasteiger partial charge in [-0.25, -0.2) is 0 Å². The van der Waals surface area contributed by atoms with Gasteiger partial charge >= 0.3 is 0 Å². The van der Waals surface area contributed by atoms with Gasteiger partial charge in [-0.05, 0) is 0 Å². The Hall–Kier alpha value is -0.100. The monoisotopic (exact) mass is 334 g/mol.